The van der Waals surface area contributed by atoms with E-state index < -0.39 is 6.10 Å². The Morgan fingerprint density at radius 1 is 1.50 bits per heavy atom. The number of benzene rings is 1. The van der Waals surface area contributed by atoms with Crippen molar-refractivity contribution in [3.8, 4) is 0 Å². The second-order valence-corrected chi connectivity index (χ2v) is 3.71. The summed E-state index contributed by atoms with van der Waals surface area (Å²) in [6, 6.07) is 7.35. The van der Waals surface area contributed by atoms with E-state index >= 15 is 0 Å². The van der Waals surface area contributed by atoms with Crippen LogP contribution in [0.4, 0.5) is 0 Å². The van der Waals surface area contributed by atoms with Crippen molar-refractivity contribution in [2.45, 2.75) is 6.10 Å². The monoisotopic (exact) mass is 246 g/mol. The zero-order chi connectivity index (χ0) is 9.14. The first-order chi connectivity index (χ1) is 5.63. The van der Waals surface area contributed by atoms with Gasteiger partial charge in [-0.25, -0.2) is 0 Å². The summed E-state index contributed by atoms with van der Waals surface area (Å²) in [5, 5.41) is 9.74. The quantitative estimate of drug-likeness (QED) is 0.851. The predicted molar refractivity (Wildman–Crippen MR) is 54.1 cm³/mol. The van der Waals surface area contributed by atoms with Gasteiger partial charge in [0.2, 0.25) is 0 Å². The Balaban J connectivity index is 3.02. The fraction of sp³-hybridized carbons (Fsp3) is 0.111. The standard InChI is InChI=1S/C9H8BrClO/c1-6(11)9(12)7-4-2-3-5-8(7)10/h2-5,9,12H,1H2. The van der Waals surface area contributed by atoms with E-state index in [0.717, 1.165) is 10.0 Å². The number of aliphatic hydroxyl groups excluding tert-OH is 1. The van der Waals surface area contributed by atoms with Gasteiger partial charge in [0.1, 0.15) is 6.10 Å². The Labute approximate surface area is 84.8 Å². The van der Waals surface area contributed by atoms with Crippen molar-refractivity contribution in [2.24, 2.45) is 0 Å². The third kappa shape index (κ3) is 2.09. The summed E-state index contributed by atoms with van der Waals surface area (Å²) in [5.74, 6) is 0. The maximum absolute atomic E-state index is 9.52. The van der Waals surface area contributed by atoms with Crippen LogP contribution >= 0.6 is 27.5 Å². The summed E-state index contributed by atoms with van der Waals surface area (Å²) in [6.45, 7) is 3.47. The lowest BCUT2D eigenvalue weighted by molar-refractivity contribution is 0.223. The van der Waals surface area contributed by atoms with Gasteiger partial charge in [-0.2, -0.15) is 0 Å². The first-order valence-electron chi connectivity index (χ1n) is 3.39. The van der Waals surface area contributed by atoms with Crippen LogP contribution in [0.2, 0.25) is 0 Å². The fourth-order valence-corrected chi connectivity index (χ4v) is 1.48. The van der Waals surface area contributed by atoms with Crippen molar-refractivity contribution in [1.82, 2.24) is 0 Å². The van der Waals surface area contributed by atoms with Crippen LogP contribution in [-0.2, 0) is 0 Å². The molecule has 1 rings (SSSR count). The summed E-state index contributed by atoms with van der Waals surface area (Å²) in [5.41, 5.74) is 0.734. The lowest BCUT2D eigenvalue weighted by atomic mass is 10.1. The Morgan fingerprint density at radius 3 is 2.58 bits per heavy atom. The van der Waals surface area contributed by atoms with Crippen molar-refractivity contribution in [3.05, 3.63) is 45.9 Å². The van der Waals surface area contributed by atoms with Crippen LogP contribution in [0.3, 0.4) is 0 Å². The van der Waals surface area contributed by atoms with Gasteiger partial charge < -0.3 is 5.11 Å². The minimum absolute atomic E-state index is 0.224. The van der Waals surface area contributed by atoms with Gasteiger partial charge in [0.05, 0.1) is 0 Å². The maximum Gasteiger partial charge on any atom is 0.115 e. The molecule has 1 atom stereocenters. The number of halogens is 2. The molecule has 0 amide bonds. The van der Waals surface area contributed by atoms with E-state index in [-0.39, 0.29) is 5.03 Å². The van der Waals surface area contributed by atoms with E-state index in [1.165, 1.54) is 0 Å². The lowest BCUT2D eigenvalue weighted by Gasteiger charge is -2.10. The average Bonchev–Trinajstić information content (AvgIpc) is 2.04. The normalized spacial score (nSPS) is 12.6. The molecular formula is C9H8BrClO. The zero-order valence-electron chi connectivity index (χ0n) is 6.30. The topological polar surface area (TPSA) is 20.2 Å². The smallest absolute Gasteiger partial charge is 0.115 e. The van der Waals surface area contributed by atoms with Crippen molar-refractivity contribution in [1.29, 1.82) is 0 Å². The molecule has 3 heteroatoms. The van der Waals surface area contributed by atoms with Crippen molar-refractivity contribution < 1.29 is 5.11 Å². The van der Waals surface area contributed by atoms with Crippen LogP contribution in [-0.4, -0.2) is 5.11 Å². The number of hydrogen-bond acceptors (Lipinski definition) is 1. The largest absolute Gasteiger partial charge is 0.383 e. The summed E-state index contributed by atoms with van der Waals surface area (Å²) < 4.78 is 0.833. The molecule has 0 aliphatic heterocycles. The number of aliphatic hydroxyl groups is 1. The highest BCUT2D eigenvalue weighted by Gasteiger charge is 2.11. The molecule has 0 saturated heterocycles. The van der Waals surface area contributed by atoms with Crippen molar-refractivity contribution in [2.75, 3.05) is 0 Å². The second kappa shape index (κ2) is 4.08. The van der Waals surface area contributed by atoms with Crippen LogP contribution in [0, 0.1) is 0 Å². The van der Waals surface area contributed by atoms with E-state index in [0.29, 0.717) is 0 Å². The van der Waals surface area contributed by atoms with Gasteiger partial charge in [0, 0.05) is 9.51 Å². The summed E-state index contributed by atoms with van der Waals surface area (Å²) >= 11 is 8.87. The van der Waals surface area contributed by atoms with Gasteiger partial charge in [0.15, 0.2) is 0 Å². The number of rotatable bonds is 2. The van der Waals surface area contributed by atoms with E-state index in [4.69, 9.17) is 11.6 Å². The molecule has 0 heterocycles. The van der Waals surface area contributed by atoms with Gasteiger partial charge in [-0.15, -0.1) is 0 Å². The van der Waals surface area contributed by atoms with Crippen molar-refractivity contribution in [3.63, 3.8) is 0 Å². The third-order valence-corrected chi connectivity index (χ3v) is 2.43. The van der Waals surface area contributed by atoms with E-state index in [1.54, 1.807) is 6.07 Å². The first kappa shape index (κ1) is 9.78. The molecule has 0 spiro atoms. The molecule has 64 valence electrons. The van der Waals surface area contributed by atoms with Crippen LogP contribution in [0.15, 0.2) is 40.3 Å². The van der Waals surface area contributed by atoms with E-state index in [9.17, 15) is 5.11 Å². The van der Waals surface area contributed by atoms with Crippen molar-refractivity contribution >= 4 is 27.5 Å². The molecule has 0 aliphatic carbocycles. The van der Waals surface area contributed by atoms with E-state index in [2.05, 4.69) is 22.5 Å². The molecule has 0 radical (unpaired) electrons. The van der Waals surface area contributed by atoms with Gasteiger partial charge in [-0.05, 0) is 11.6 Å². The molecule has 1 N–H and O–H groups in total. The van der Waals surface area contributed by atoms with Crippen LogP contribution in [0.5, 0.6) is 0 Å². The van der Waals surface area contributed by atoms with E-state index in [1.807, 2.05) is 18.2 Å². The molecular weight excluding hydrogens is 239 g/mol. The summed E-state index contributed by atoms with van der Waals surface area (Å²) in [4.78, 5) is 0. The first-order valence-corrected chi connectivity index (χ1v) is 4.57. The molecule has 1 nitrogen and oxygen atoms in total. The Bertz CT molecular complexity index is 298. The molecule has 12 heavy (non-hydrogen) atoms. The fourth-order valence-electron chi connectivity index (χ4n) is 0.866. The highest BCUT2D eigenvalue weighted by molar-refractivity contribution is 9.10. The van der Waals surface area contributed by atoms with Crippen LogP contribution in [0.25, 0.3) is 0 Å². The maximum atomic E-state index is 9.52. The predicted octanol–water partition coefficient (Wildman–Crippen LogP) is 3.24. The summed E-state index contributed by atoms with van der Waals surface area (Å²) in [7, 11) is 0. The minimum Gasteiger partial charge on any atom is -0.383 e. The van der Waals surface area contributed by atoms with Gasteiger partial charge in [-0.3, -0.25) is 0 Å². The Hall–Kier alpha value is -0.310. The van der Waals surface area contributed by atoms with Crippen LogP contribution in [0.1, 0.15) is 11.7 Å². The molecule has 1 unspecified atom stereocenters. The molecule has 0 saturated carbocycles. The second-order valence-electron chi connectivity index (χ2n) is 2.37. The van der Waals surface area contributed by atoms with Gasteiger partial charge in [0.25, 0.3) is 0 Å². The molecule has 1 aromatic rings. The lowest BCUT2D eigenvalue weighted by Crippen LogP contribution is -1.96. The molecule has 0 aromatic heterocycles. The van der Waals surface area contributed by atoms with Gasteiger partial charge in [-0.1, -0.05) is 52.3 Å². The molecule has 0 aliphatic rings. The molecule has 1 aromatic carbocycles. The highest BCUT2D eigenvalue weighted by Crippen LogP contribution is 2.28. The summed E-state index contributed by atoms with van der Waals surface area (Å²) in [6.07, 6.45) is -0.803. The van der Waals surface area contributed by atoms with Gasteiger partial charge >= 0.3 is 0 Å². The third-order valence-electron chi connectivity index (χ3n) is 1.50. The Kier molecular flexibility index (Phi) is 3.32. The average molecular weight is 248 g/mol. The Morgan fingerprint density at radius 2 is 2.08 bits per heavy atom. The number of hydrogen-bond donors (Lipinski definition) is 1. The zero-order valence-corrected chi connectivity index (χ0v) is 8.64. The molecule has 0 bridgehead atoms. The highest BCUT2D eigenvalue weighted by atomic mass is 79.9. The minimum atomic E-state index is -0.803. The molecule has 0 fully saturated rings. The van der Waals surface area contributed by atoms with Crippen LogP contribution < -0.4 is 0 Å². The SMILES string of the molecule is C=C(Cl)C(O)c1ccccc1Br.